The molecule has 10 N–H and O–H groups in total. The number of hydrogen-bond donors (Lipinski definition) is 9. The normalized spacial score (nSPS) is 19.3. The van der Waals surface area contributed by atoms with Crippen LogP contribution in [-0.4, -0.2) is 229 Å². The number of likely N-dealkylation sites (tertiary alicyclic amines) is 2. The van der Waals surface area contributed by atoms with Gasteiger partial charge in [0.2, 0.25) is 29.5 Å². The number of benzene rings is 3. The van der Waals surface area contributed by atoms with Crippen LogP contribution < -0.4 is 46.9 Å². The second-order valence-electron chi connectivity index (χ2n) is 29.4. The smallest absolute Gasteiger partial charge is 0.469 e. The number of para-hydroxylation sites is 1. The van der Waals surface area contributed by atoms with Gasteiger partial charge in [-0.2, -0.15) is 0 Å². The van der Waals surface area contributed by atoms with Gasteiger partial charge in [-0.15, -0.1) is 21.5 Å². The Hall–Kier alpha value is -9.30. The van der Waals surface area contributed by atoms with Crippen LogP contribution in [0.25, 0.3) is 21.7 Å². The van der Waals surface area contributed by atoms with Crippen LogP contribution in [0.3, 0.4) is 0 Å². The number of nitrogens with zero attached hydrogens (tertiary/aromatic N) is 10. The molecule has 0 radical (unpaired) electrons. The number of carbonyl (C=O) groups excluding carboxylic acids is 9. The van der Waals surface area contributed by atoms with Gasteiger partial charge in [-0.25, -0.2) is 19.1 Å². The van der Waals surface area contributed by atoms with Crippen molar-refractivity contribution in [2.45, 2.75) is 148 Å². The number of carbonyl (C=O) groups is 9. The van der Waals surface area contributed by atoms with Crippen molar-refractivity contribution in [3.63, 3.8) is 0 Å². The van der Waals surface area contributed by atoms with Crippen molar-refractivity contribution < 1.29 is 85.9 Å². The number of anilines is 3. The number of fused-ring (bicyclic) bond motifs is 3. The highest BCUT2D eigenvalue weighted by Gasteiger charge is 2.48. The van der Waals surface area contributed by atoms with E-state index >= 15 is 0 Å². The summed E-state index contributed by atoms with van der Waals surface area (Å²) in [5.41, 5.74) is 12.2. The van der Waals surface area contributed by atoms with Crippen LogP contribution in [0.15, 0.2) is 104 Å². The topological polar surface area (TPSA) is 439 Å². The fraction of sp³-hybridized carbons (Fsp3) is 0.487. The minimum atomic E-state index is -5.00. The number of nitrogens with one attached hydrogen (secondary N) is 5. The van der Waals surface area contributed by atoms with Crippen molar-refractivity contribution in [1.29, 1.82) is 0 Å². The van der Waals surface area contributed by atoms with Gasteiger partial charge < -0.3 is 75.7 Å². The summed E-state index contributed by atoms with van der Waals surface area (Å²) in [4.78, 5) is 156. The molecule has 0 unspecified atom stereocenters. The Morgan fingerprint density at radius 2 is 1.54 bits per heavy atom. The number of aryl methyl sites for hydroxylation is 1. The lowest BCUT2D eigenvalue weighted by molar-refractivity contribution is -0.141. The maximum Gasteiger partial charge on any atom is 0.469 e. The van der Waals surface area contributed by atoms with Crippen molar-refractivity contribution in [3.05, 3.63) is 122 Å². The maximum atomic E-state index is 14.7. The Morgan fingerprint density at radius 3 is 2.21 bits per heavy atom. The SMILES string of the molecule is Cc1ncsc1-c1ccc([C@H](C)NC(=O)[C@@H]2C[C@@H](OP(=O)(O)O)CN2C(=O)[C@@H](c2cc(OCCN3CCC(N4CCN5c6cc(-c7ccccc7O)nnc6N(C(=O)OCc6ccc(NC(=O)[C@H](CCCNC(N)=O)NC(=O)[C@@H](NC(=O)CCOCCN7C(=O)C(Br)=C(Br)C7=O)C(C)C)cc6)[C@@H](C)[C@@H]5C4)CC3)no2)C(C)C)cc1. The molecule has 11 rings (SSSR count). The number of aromatic nitrogens is 4. The lowest BCUT2D eigenvalue weighted by atomic mass is 9.91. The number of phenolic OH excluding ortho intramolecular Hbond substituents is 1. The number of phosphoric ester groups is 1. The average molecular weight is 1740 g/mol. The molecule has 114 heavy (non-hydrogen) atoms. The third-order valence-corrected chi connectivity index (χ3v) is 24.5. The number of primary amides is 1. The van der Waals surface area contributed by atoms with E-state index in [-0.39, 0.29) is 116 Å². The van der Waals surface area contributed by atoms with Crippen molar-refractivity contribution in [2.24, 2.45) is 17.6 Å². The van der Waals surface area contributed by atoms with Gasteiger partial charge in [0.25, 0.3) is 17.7 Å². The van der Waals surface area contributed by atoms with Gasteiger partial charge >= 0.3 is 19.9 Å². The Bertz CT molecular complexity index is 4540. The van der Waals surface area contributed by atoms with Gasteiger partial charge in [-0.05, 0) is 155 Å². The average Bonchev–Trinajstić information content (AvgIpc) is 1.01. The molecule has 0 aliphatic carbocycles. The number of phosphoric acid groups is 1. The summed E-state index contributed by atoms with van der Waals surface area (Å²) < 4.78 is 40.9. The monoisotopic (exact) mass is 1740 g/mol. The molecule has 8 atom stereocenters. The second kappa shape index (κ2) is 38.4. The van der Waals surface area contributed by atoms with Crippen LogP contribution in [0.5, 0.6) is 11.6 Å². The lowest BCUT2D eigenvalue weighted by Crippen LogP contribution is -2.66. The first-order valence-electron chi connectivity index (χ1n) is 37.7. The summed E-state index contributed by atoms with van der Waals surface area (Å²) in [7, 11) is -5.00. The summed E-state index contributed by atoms with van der Waals surface area (Å²) in [6.07, 6.45) is -0.128. The highest BCUT2D eigenvalue weighted by Crippen LogP contribution is 2.44. The minimum Gasteiger partial charge on any atom is -0.507 e. The molecule has 3 saturated heterocycles. The number of amides is 10. The van der Waals surface area contributed by atoms with E-state index in [1.54, 1.807) is 74.0 Å². The molecule has 34 nitrogen and oxygen atoms in total. The molecule has 0 spiro atoms. The minimum absolute atomic E-state index is 0.0151. The van der Waals surface area contributed by atoms with E-state index in [4.69, 9.17) is 29.0 Å². The number of nitrogens with two attached hydrogens (primary N) is 1. The predicted octanol–water partition coefficient (Wildman–Crippen LogP) is 7.33. The van der Waals surface area contributed by atoms with Gasteiger partial charge in [0.05, 0.1) is 71.5 Å². The van der Waals surface area contributed by atoms with Crippen LogP contribution in [-0.2, 0) is 58.7 Å². The number of thiazole rings is 1. The molecule has 38 heteroatoms. The molecular weight excluding hydrogens is 1650 g/mol. The molecule has 612 valence electrons. The molecule has 3 aromatic carbocycles. The number of phenols is 1. The molecule has 5 aliphatic rings. The summed E-state index contributed by atoms with van der Waals surface area (Å²) >= 11 is 7.69. The van der Waals surface area contributed by atoms with E-state index in [2.05, 4.69) is 93.5 Å². The van der Waals surface area contributed by atoms with Crippen LogP contribution in [0.4, 0.5) is 26.8 Å². The first-order chi connectivity index (χ1) is 54.4. The summed E-state index contributed by atoms with van der Waals surface area (Å²) in [5.74, 6) is -4.89. The summed E-state index contributed by atoms with van der Waals surface area (Å²) in [6.45, 7) is 16.6. The van der Waals surface area contributed by atoms with Gasteiger partial charge in [0, 0.05) is 75.5 Å². The standard InChI is InChI=1S/C76H95Br2N16O18PS/c1-42(2)63(72(100)93-38-52(112-113(105,106)107)35-57(93)70(98)82-44(5)48-16-18-49(19-17-48)67-45(6)81-41-114-67)60-37-62(88-111-60)109-34-30-89-26-22-51(23-27-89)90-28-29-91-56-36-55(53-11-8-9-13-59(53)95)86-87-68(56)94(46(7)58(91)39-90)76(104)110-40-47-14-20-50(21-15-47)83-69(97)54(12-10-25-80-75(79)103)84-71(99)66(43(3)4)85-61(96)24-32-108-33-31-92-73(101)64(77)65(78)74(92)102/h8-9,11,13-21,36-37,41-44,46,51-52,54,57-58,63,66,95H,10,12,22-35,38-40H2,1-7H3,(H,82,98)(H,83,97)(H,84,99)(H,85,96)(H3,79,80,103)(H2,105,106,107)/t44-,46-,52+,54-,57-,58-,63+,66-/m0/s1. The molecule has 3 aromatic heterocycles. The van der Waals surface area contributed by atoms with Gasteiger partial charge in [0.1, 0.15) is 52.0 Å². The van der Waals surface area contributed by atoms with Crippen molar-refractivity contribution >= 4 is 122 Å². The molecule has 0 saturated carbocycles. The Kier molecular flexibility index (Phi) is 28.9. The molecule has 6 aromatic rings. The van der Waals surface area contributed by atoms with Crippen molar-refractivity contribution in [1.82, 2.24) is 61.2 Å². The Morgan fingerprint density at radius 1 is 0.825 bits per heavy atom. The third kappa shape index (κ3) is 21.2. The van der Waals surface area contributed by atoms with Crippen LogP contribution in [0, 0.1) is 18.8 Å². The predicted molar refractivity (Wildman–Crippen MR) is 427 cm³/mol. The Labute approximate surface area is 679 Å². The van der Waals surface area contributed by atoms with Crippen molar-refractivity contribution in [2.75, 3.05) is 93.8 Å². The number of piperidine rings is 1. The number of hydrogen-bond acceptors (Lipinski definition) is 24. The van der Waals surface area contributed by atoms with E-state index in [1.165, 1.54) is 21.1 Å². The maximum absolute atomic E-state index is 14.7. The van der Waals surface area contributed by atoms with Crippen LogP contribution >= 0.6 is 51.0 Å². The zero-order chi connectivity index (χ0) is 81.8. The highest BCUT2D eigenvalue weighted by molar-refractivity contribution is 9.14. The van der Waals surface area contributed by atoms with Crippen molar-refractivity contribution in [3.8, 4) is 33.3 Å². The number of halogens is 2. The highest BCUT2D eigenvalue weighted by atomic mass is 79.9. The molecule has 5 aliphatic heterocycles. The third-order valence-electron chi connectivity index (χ3n) is 20.9. The molecule has 0 bridgehead atoms. The fourth-order valence-corrected chi connectivity index (χ4v) is 16.9. The molecular formula is C76H95Br2N16O18PS. The number of rotatable bonds is 33. The van der Waals surface area contributed by atoms with E-state index in [9.17, 15) is 62.6 Å². The molecule has 8 heterocycles. The van der Waals surface area contributed by atoms with Gasteiger partial charge in [-0.1, -0.05) is 76.2 Å². The molecule has 10 amide bonds. The fourth-order valence-electron chi connectivity index (χ4n) is 14.8. The van der Waals surface area contributed by atoms with Gasteiger partial charge in [0.15, 0.2) is 11.6 Å². The second-order valence-corrected chi connectivity index (χ2v) is 33.0. The van der Waals surface area contributed by atoms with Crippen LogP contribution in [0.1, 0.15) is 115 Å². The zero-order valence-corrected chi connectivity index (χ0v) is 69.0. The first-order valence-corrected chi connectivity index (χ1v) is 41.7. The lowest BCUT2D eigenvalue weighted by Gasteiger charge is -2.53. The molecule has 3 fully saturated rings. The summed E-state index contributed by atoms with van der Waals surface area (Å²) in [6, 6.07) is 19.4. The first kappa shape index (κ1) is 85.6. The van der Waals surface area contributed by atoms with Gasteiger partial charge in [-0.3, -0.25) is 57.7 Å². The number of aromatic hydroxyl groups is 1. The number of piperazine rings is 1. The number of urea groups is 1. The van der Waals surface area contributed by atoms with E-state index in [0.717, 1.165) is 52.5 Å². The zero-order valence-electron chi connectivity index (χ0n) is 64.1. The van der Waals surface area contributed by atoms with E-state index in [1.807, 2.05) is 65.0 Å². The number of imide groups is 1. The summed E-state index contributed by atoms with van der Waals surface area (Å²) in [5, 5.41) is 38.0. The Balaban J connectivity index is 0.676. The number of ether oxygens (including phenoxy) is 3. The van der Waals surface area contributed by atoms with E-state index in [0.29, 0.717) is 60.2 Å². The quantitative estimate of drug-likeness (QED) is 0.0110. The largest absolute Gasteiger partial charge is 0.507 e. The van der Waals surface area contributed by atoms with E-state index < -0.39 is 109 Å². The van der Waals surface area contributed by atoms with Crippen LogP contribution in [0.2, 0.25) is 0 Å².